The Morgan fingerprint density at radius 1 is 1.43 bits per heavy atom. The van der Waals surface area contributed by atoms with Crippen molar-refractivity contribution in [2.75, 3.05) is 13.9 Å². The van der Waals surface area contributed by atoms with Gasteiger partial charge in [-0.2, -0.15) is 4.98 Å². The molecule has 0 spiro atoms. The molecule has 1 aliphatic rings. The summed E-state index contributed by atoms with van der Waals surface area (Å²) in [6.07, 6.45) is 0. The summed E-state index contributed by atoms with van der Waals surface area (Å²) in [6, 6.07) is 5.51. The lowest BCUT2D eigenvalue weighted by Gasteiger charge is -2.03. The number of carbonyl (C=O) groups excluding carboxylic acids is 1. The molecular formula is C13H10ClNO5S. The first-order chi connectivity index (χ1) is 10.2. The summed E-state index contributed by atoms with van der Waals surface area (Å²) in [7, 11) is 1.28. The number of fused-ring (bicyclic) bond motifs is 1. The predicted octanol–water partition coefficient (Wildman–Crippen LogP) is 2.89. The van der Waals surface area contributed by atoms with Crippen molar-refractivity contribution in [3.05, 3.63) is 33.8 Å². The first kappa shape index (κ1) is 14.0. The number of aromatic nitrogens is 1. The summed E-state index contributed by atoms with van der Waals surface area (Å²) in [4.78, 5) is 15.6. The van der Waals surface area contributed by atoms with Crippen LogP contribution in [-0.4, -0.2) is 24.9 Å². The number of esters is 1. The summed E-state index contributed by atoms with van der Waals surface area (Å²) in [6.45, 7) is 0.505. The van der Waals surface area contributed by atoms with E-state index in [9.17, 15) is 4.79 Å². The number of thiazole rings is 1. The number of carbonyl (C=O) groups is 1. The van der Waals surface area contributed by atoms with Gasteiger partial charge < -0.3 is 18.9 Å². The molecule has 8 heteroatoms. The molecule has 0 amide bonds. The standard InChI is InChI=1S/C13H10ClNO5S/c1-17-12(16)10-11(14)15-13(21-10)18-5-7-2-3-8-9(4-7)20-6-19-8/h2-4H,5-6H2,1H3. The highest BCUT2D eigenvalue weighted by molar-refractivity contribution is 7.15. The van der Waals surface area contributed by atoms with E-state index in [1.807, 2.05) is 18.2 Å². The van der Waals surface area contributed by atoms with E-state index in [-0.39, 0.29) is 23.4 Å². The molecule has 2 heterocycles. The monoisotopic (exact) mass is 327 g/mol. The SMILES string of the molecule is COC(=O)c1sc(OCc2ccc3c(c2)OCO3)nc1Cl. The van der Waals surface area contributed by atoms with Crippen molar-refractivity contribution in [2.45, 2.75) is 6.61 Å². The van der Waals surface area contributed by atoms with Crippen molar-refractivity contribution in [3.8, 4) is 16.7 Å². The zero-order valence-electron chi connectivity index (χ0n) is 10.9. The van der Waals surface area contributed by atoms with Crippen molar-refractivity contribution in [2.24, 2.45) is 0 Å². The minimum atomic E-state index is -0.532. The highest BCUT2D eigenvalue weighted by atomic mass is 35.5. The Morgan fingerprint density at radius 3 is 3.05 bits per heavy atom. The molecule has 0 fully saturated rings. The number of hydrogen-bond acceptors (Lipinski definition) is 7. The second-order valence-corrected chi connectivity index (χ2v) is 5.39. The molecule has 1 aromatic carbocycles. The van der Waals surface area contributed by atoms with Crippen molar-refractivity contribution >= 4 is 28.9 Å². The average molecular weight is 328 g/mol. The van der Waals surface area contributed by atoms with Crippen LogP contribution >= 0.6 is 22.9 Å². The third kappa shape index (κ3) is 2.88. The van der Waals surface area contributed by atoms with Gasteiger partial charge in [-0.3, -0.25) is 0 Å². The maximum Gasteiger partial charge on any atom is 0.351 e. The molecule has 0 atom stereocenters. The van der Waals surface area contributed by atoms with Crippen LogP contribution in [0.25, 0.3) is 0 Å². The Labute approximate surface area is 129 Å². The van der Waals surface area contributed by atoms with Gasteiger partial charge in [-0.05, 0) is 17.7 Å². The molecule has 1 aliphatic heterocycles. The first-order valence-corrected chi connectivity index (χ1v) is 7.13. The molecule has 0 saturated carbocycles. The number of benzene rings is 1. The third-order valence-corrected chi connectivity index (χ3v) is 4.07. The molecular weight excluding hydrogens is 318 g/mol. The van der Waals surface area contributed by atoms with Crippen LogP contribution in [0.5, 0.6) is 16.7 Å². The van der Waals surface area contributed by atoms with E-state index in [1.54, 1.807) is 0 Å². The zero-order chi connectivity index (χ0) is 14.8. The van der Waals surface area contributed by atoms with Gasteiger partial charge in [0.25, 0.3) is 5.19 Å². The first-order valence-electron chi connectivity index (χ1n) is 5.93. The van der Waals surface area contributed by atoms with E-state index >= 15 is 0 Å². The van der Waals surface area contributed by atoms with Crippen LogP contribution in [-0.2, 0) is 11.3 Å². The molecule has 0 radical (unpaired) electrons. The van der Waals surface area contributed by atoms with Crippen molar-refractivity contribution in [3.63, 3.8) is 0 Å². The Hall–Kier alpha value is -1.99. The lowest BCUT2D eigenvalue weighted by Crippen LogP contribution is -1.98. The number of rotatable bonds is 4. The van der Waals surface area contributed by atoms with Crippen LogP contribution in [0.4, 0.5) is 0 Å². The summed E-state index contributed by atoms with van der Waals surface area (Å²) >= 11 is 6.90. The van der Waals surface area contributed by atoms with Gasteiger partial charge in [0.1, 0.15) is 6.61 Å². The summed E-state index contributed by atoms with van der Waals surface area (Å²) in [5, 5.41) is 0.380. The van der Waals surface area contributed by atoms with Gasteiger partial charge in [0.05, 0.1) is 7.11 Å². The molecule has 3 rings (SSSR count). The third-order valence-electron chi connectivity index (χ3n) is 2.74. The lowest BCUT2D eigenvalue weighted by molar-refractivity contribution is 0.0606. The number of hydrogen-bond donors (Lipinski definition) is 0. The molecule has 0 aliphatic carbocycles. The molecule has 6 nitrogen and oxygen atoms in total. The molecule has 0 unspecified atom stereocenters. The summed E-state index contributed by atoms with van der Waals surface area (Å²) in [5.41, 5.74) is 0.894. The van der Waals surface area contributed by atoms with E-state index < -0.39 is 5.97 Å². The van der Waals surface area contributed by atoms with Gasteiger partial charge in [-0.1, -0.05) is 29.0 Å². The van der Waals surface area contributed by atoms with Crippen LogP contribution in [0, 0.1) is 0 Å². The van der Waals surface area contributed by atoms with Gasteiger partial charge >= 0.3 is 5.97 Å². The van der Waals surface area contributed by atoms with Crippen LogP contribution < -0.4 is 14.2 Å². The van der Waals surface area contributed by atoms with Crippen molar-refractivity contribution in [1.82, 2.24) is 4.98 Å². The highest BCUT2D eigenvalue weighted by Gasteiger charge is 2.18. The Kier molecular flexibility index (Phi) is 3.85. The highest BCUT2D eigenvalue weighted by Crippen LogP contribution is 2.33. The van der Waals surface area contributed by atoms with E-state index in [0.717, 1.165) is 16.9 Å². The van der Waals surface area contributed by atoms with Gasteiger partial charge in [-0.25, -0.2) is 4.79 Å². The predicted molar refractivity (Wildman–Crippen MR) is 75.4 cm³/mol. The van der Waals surface area contributed by atoms with Crippen molar-refractivity contribution < 1.29 is 23.7 Å². The van der Waals surface area contributed by atoms with Crippen LogP contribution in [0.1, 0.15) is 15.2 Å². The Bertz CT molecular complexity index is 687. The van der Waals surface area contributed by atoms with Crippen molar-refractivity contribution in [1.29, 1.82) is 0 Å². The molecule has 0 saturated heterocycles. The molecule has 110 valence electrons. The normalized spacial score (nSPS) is 12.3. The van der Waals surface area contributed by atoms with Gasteiger partial charge in [0, 0.05) is 0 Å². The quantitative estimate of drug-likeness (QED) is 0.804. The van der Waals surface area contributed by atoms with Crippen LogP contribution in [0.2, 0.25) is 5.15 Å². The maximum absolute atomic E-state index is 11.4. The van der Waals surface area contributed by atoms with Crippen LogP contribution in [0.3, 0.4) is 0 Å². The maximum atomic E-state index is 11.4. The molecule has 0 bridgehead atoms. The smallest absolute Gasteiger partial charge is 0.351 e. The minimum Gasteiger partial charge on any atom is -0.465 e. The second-order valence-electron chi connectivity index (χ2n) is 4.07. The largest absolute Gasteiger partial charge is 0.465 e. The molecule has 0 N–H and O–H groups in total. The summed E-state index contributed by atoms with van der Waals surface area (Å²) in [5.74, 6) is 0.864. The average Bonchev–Trinajstić information content (AvgIpc) is 3.10. The number of nitrogens with zero attached hydrogens (tertiary/aromatic N) is 1. The number of methoxy groups -OCH3 is 1. The van der Waals surface area contributed by atoms with E-state index in [1.165, 1.54) is 7.11 Å². The van der Waals surface area contributed by atoms with Gasteiger partial charge in [0.2, 0.25) is 6.79 Å². The van der Waals surface area contributed by atoms with E-state index in [4.69, 9.17) is 25.8 Å². The Morgan fingerprint density at radius 2 is 2.24 bits per heavy atom. The van der Waals surface area contributed by atoms with Crippen LogP contribution in [0.15, 0.2) is 18.2 Å². The lowest BCUT2D eigenvalue weighted by atomic mass is 10.2. The van der Waals surface area contributed by atoms with Gasteiger partial charge in [-0.15, -0.1) is 0 Å². The fourth-order valence-electron chi connectivity index (χ4n) is 1.74. The molecule has 21 heavy (non-hydrogen) atoms. The number of ether oxygens (including phenoxy) is 4. The number of halogens is 1. The minimum absolute atomic E-state index is 0.0764. The zero-order valence-corrected chi connectivity index (χ0v) is 12.5. The van der Waals surface area contributed by atoms with E-state index in [2.05, 4.69) is 9.72 Å². The summed E-state index contributed by atoms with van der Waals surface area (Å²) < 4.78 is 20.7. The molecule has 2 aromatic rings. The second kappa shape index (κ2) is 5.79. The van der Waals surface area contributed by atoms with E-state index in [0.29, 0.717) is 16.7 Å². The fraction of sp³-hybridized carbons (Fsp3) is 0.231. The topological polar surface area (TPSA) is 66.9 Å². The fourth-order valence-corrected chi connectivity index (χ4v) is 2.78. The Balaban J connectivity index is 1.69. The van der Waals surface area contributed by atoms with Gasteiger partial charge in [0.15, 0.2) is 21.5 Å². The molecule has 1 aromatic heterocycles.